The van der Waals surface area contributed by atoms with E-state index in [1.165, 1.54) is 19.8 Å². The zero-order chi connectivity index (χ0) is 13.1. The van der Waals surface area contributed by atoms with Crippen LogP contribution in [-0.2, 0) is 4.79 Å². The van der Waals surface area contributed by atoms with Crippen molar-refractivity contribution in [2.45, 2.75) is 25.8 Å². The number of carboxylic acids is 1. The Balaban J connectivity index is 1.71. The summed E-state index contributed by atoms with van der Waals surface area (Å²) in [4.78, 5) is 26.5. The molecular weight excluding hydrogens is 234 g/mol. The first kappa shape index (κ1) is 13.1. The fraction of sp³-hybridized carbons (Fsp3) is 0.833. The topological polar surface area (TPSA) is 72.9 Å². The van der Waals surface area contributed by atoms with Crippen LogP contribution < -0.4 is 5.32 Å². The molecule has 0 bridgehead atoms. The van der Waals surface area contributed by atoms with Crippen LogP contribution in [0.15, 0.2) is 0 Å². The highest BCUT2D eigenvalue weighted by molar-refractivity contribution is 5.82. The van der Waals surface area contributed by atoms with Crippen LogP contribution >= 0.6 is 0 Å². The minimum Gasteiger partial charge on any atom is -0.480 e. The molecule has 0 aromatic heterocycles. The van der Waals surface area contributed by atoms with Crippen molar-refractivity contribution in [3.05, 3.63) is 0 Å². The lowest BCUT2D eigenvalue weighted by Crippen LogP contribution is -2.54. The number of carboxylic acid groups (broad SMARTS) is 1. The normalized spacial score (nSPS) is 22.6. The van der Waals surface area contributed by atoms with Crippen LogP contribution in [0.3, 0.4) is 0 Å². The highest BCUT2D eigenvalue weighted by atomic mass is 16.4. The second kappa shape index (κ2) is 5.56. The molecule has 1 saturated carbocycles. The Bertz CT molecular complexity index is 323. The maximum Gasteiger partial charge on any atom is 0.325 e. The minimum atomic E-state index is -1.00. The summed E-state index contributed by atoms with van der Waals surface area (Å²) in [6, 6.07) is -1.10. The molecule has 1 aliphatic heterocycles. The average Bonchev–Trinajstić information content (AvgIpc) is 3.13. The largest absolute Gasteiger partial charge is 0.480 e. The second-order valence-electron chi connectivity index (χ2n) is 5.24. The van der Waals surface area contributed by atoms with E-state index in [0.717, 1.165) is 25.6 Å². The van der Waals surface area contributed by atoms with Gasteiger partial charge in [-0.05, 0) is 25.7 Å². The maximum absolute atomic E-state index is 11.8. The smallest absolute Gasteiger partial charge is 0.325 e. The Kier molecular flexibility index (Phi) is 4.06. The molecule has 2 amide bonds. The van der Waals surface area contributed by atoms with Crippen LogP contribution in [0, 0.1) is 5.92 Å². The van der Waals surface area contributed by atoms with E-state index in [1.54, 1.807) is 4.90 Å². The summed E-state index contributed by atoms with van der Waals surface area (Å²) >= 11 is 0. The third kappa shape index (κ3) is 3.60. The third-order valence-electron chi connectivity index (χ3n) is 3.58. The van der Waals surface area contributed by atoms with Gasteiger partial charge in [-0.15, -0.1) is 0 Å². The van der Waals surface area contributed by atoms with E-state index in [2.05, 4.69) is 10.2 Å². The van der Waals surface area contributed by atoms with E-state index < -0.39 is 12.0 Å². The van der Waals surface area contributed by atoms with Gasteiger partial charge in [0, 0.05) is 32.7 Å². The Morgan fingerprint density at radius 3 is 2.39 bits per heavy atom. The monoisotopic (exact) mass is 255 g/mol. The molecule has 1 atom stereocenters. The molecule has 0 aromatic rings. The van der Waals surface area contributed by atoms with Crippen molar-refractivity contribution in [3.8, 4) is 0 Å². The van der Waals surface area contributed by atoms with Crippen molar-refractivity contribution in [2.75, 3.05) is 32.7 Å². The molecular formula is C12H21N3O3. The van der Waals surface area contributed by atoms with Gasteiger partial charge in [0.2, 0.25) is 0 Å². The summed E-state index contributed by atoms with van der Waals surface area (Å²) in [5.74, 6) is -0.131. The molecule has 0 unspecified atom stereocenters. The van der Waals surface area contributed by atoms with E-state index in [9.17, 15) is 9.59 Å². The number of rotatable bonds is 4. The summed E-state index contributed by atoms with van der Waals surface area (Å²) in [5, 5.41) is 11.2. The summed E-state index contributed by atoms with van der Waals surface area (Å²) < 4.78 is 0. The molecule has 1 saturated heterocycles. The average molecular weight is 255 g/mol. The first-order valence-corrected chi connectivity index (χ1v) is 6.57. The third-order valence-corrected chi connectivity index (χ3v) is 3.58. The summed E-state index contributed by atoms with van der Waals surface area (Å²) in [6.07, 6.45) is 2.69. The first-order valence-electron chi connectivity index (χ1n) is 6.57. The van der Waals surface area contributed by atoms with Crippen molar-refractivity contribution in [1.29, 1.82) is 0 Å². The highest BCUT2D eigenvalue weighted by Crippen LogP contribution is 2.29. The van der Waals surface area contributed by atoms with Gasteiger partial charge in [-0.1, -0.05) is 0 Å². The van der Waals surface area contributed by atoms with Gasteiger partial charge in [0.15, 0.2) is 0 Å². The van der Waals surface area contributed by atoms with Crippen LogP contribution in [-0.4, -0.2) is 65.7 Å². The standard InChI is InChI=1S/C12H21N3O3/c1-9(11(16)17)13-12(18)15-6-4-14(5-7-15)8-10-2-3-10/h9-10H,2-8H2,1H3,(H,13,18)(H,16,17)/t9-/m0/s1. The Hall–Kier alpha value is -1.30. The highest BCUT2D eigenvalue weighted by Gasteiger charge is 2.28. The molecule has 6 nitrogen and oxygen atoms in total. The lowest BCUT2D eigenvalue weighted by molar-refractivity contribution is -0.138. The molecule has 6 heteroatoms. The molecule has 102 valence electrons. The SMILES string of the molecule is C[C@H](NC(=O)N1CCN(CC2CC2)CC1)C(=O)O. The van der Waals surface area contributed by atoms with Gasteiger partial charge < -0.3 is 15.3 Å². The lowest BCUT2D eigenvalue weighted by atomic mass is 10.3. The molecule has 0 radical (unpaired) electrons. The van der Waals surface area contributed by atoms with Crippen LogP contribution in [0.1, 0.15) is 19.8 Å². The number of hydrogen-bond acceptors (Lipinski definition) is 3. The van der Waals surface area contributed by atoms with Gasteiger partial charge in [-0.3, -0.25) is 9.69 Å². The summed E-state index contributed by atoms with van der Waals surface area (Å²) in [6.45, 7) is 5.79. The first-order chi connectivity index (χ1) is 8.56. The molecule has 2 rings (SSSR count). The molecule has 2 aliphatic rings. The van der Waals surface area contributed by atoms with Crippen LogP contribution in [0.5, 0.6) is 0 Å². The van der Waals surface area contributed by atoms with E-state index in [-0.39, 0.29) is 6.03 Å². The van der Waals surface area contributed by atoms with E-state index in [1.807, 2.05) is 0 Å². The summed E-state index contributed by atoms with van der Waals surface area (Å²) in [7, 11) is 0. The number of carbonyl (C=O) groups excluding carboxylic acids is 1. The predicted octanol–water partition coefficient (Wildman–Crippen LogP) is 0.197. The van der Waals surface area contributed by atoms with Crippen molar-refractivity contribution in [1.82, 2.24) is 15.1 Å². The van der Waals surface area contributed by atoms with Crippen molar-refractivity contribution >= 4 is 12.0 Å². The van der Waals surface area contributed by atoms with Crippen molar-refractivity contribution in [3.63, 3.8) is 0 Å². The number of aliphatic carboxylic acids is 1. The van der Waals surface area contributed by atoms with E-state index in [4.69, 9.17) is 5.11 Å². The summed E-state index contributed by atoms with van der Waals surface area (Å²) in [5.41, 5.74) is 0. The zero-order valence-corrected chi connectivity index (χ0v) is 10.8. The molecule has 0 aromatic carbocycles. The second-order valence-corrected chi connectivity index (χ2v) is 5.24. The molecule has 2 fully saturated rings. The molecule has 1 aliphatic carbocycles. The van der Waals surface area contributed by atoms with Crippen molar-refractivity contribution < 1.29 is 14.7 Å². The van der Waals surface area contributed by atoms with Gasteiger partial charge >= 0.3 is 12.0 Å². The van der Waals surface area contributed by atoms with Gasteiger partial charge in [0.05, 0.1) is 0 Å². The van der Waals surface area contributed by atoms with Gasteiger partial charge in [-0.25, -0.2) is 4.79 Å². The number of nitrogens with one attached hydrogen (secondary N) is 1. The fourth-order valence-electron chi connectivity index (χ4n) is 2.14. The van der Waals surface area contributed by atoms with Gasteiger partial charge in [0.25, 0.3) is 0 Å². The van der Waals surface area contributed by atoms with Gasteiger partial charge in [-0.2, -0.15) is 0 Å². The van der Waals surface area contributed by atoms with Gasteiger partial charge in [0.1, 0.15) is 6.04 Å². The molecule has 2 N–H and O–H groups in total. The molecule has 18 heavy (non-hydrogen) atoms. The predicted molar refractivity (Wildman–Crippen MR) is 66.4 cm³/mol. The fourth-order valence-corrected chi connectivity index (χ4v) is 2.14. The number of hydrogen-bond donors (Lipinski definition) is 2. The number of carbonyl (C=O) groups is 2. The van der Waals surface area contributed by atoms with E-state index in [0.29, 0.717) is 13.1 Å². The molecule has 1 heterocycles. The zero-order valence-electron chi connectivity index (χ0n) is 10.8. The number of urea groups is 1. The Morgan fingerprint density at radius 1 is 1.28 bits per heavy atom. The quantitative estimate of drug-likeness (QED) is 0.752. The molecule has 0 spiro atoms. The van der Waals surface area contributed by atoms with Crippen LogP contribution in [0.4, 0.5) is 4.79 Å². The number of piperazine rings is 1. The maximum atomic E-state index is 11.8. The van der Waals surface area contributed by atoms with Crippen molar-refractivity contribution in [2.24, 2.45) is 5.92 Å². The Labute approximate surface area is 107 Å². The van der Waals surface area contributed by atoms with E-state index >= 15 is 0 Å². The lowest BCUT2D eigenvalue weighted by Gasteiger charge is -2.35. The minimum absolute atomic E-state index is 0.268. The van der Waals surface area contributed by atoms with Crippen LogP contribution in [0.2, 0.25) is 0 Å². The van der Waals surface area contributed by atoms with Crippen LogP contribution in [0.25, 0.3) is 0 Å². The number of nitrogens with zero attached hydrogens (tertiary/aromatic N) is 2. The Morgan fingerprint density at radius 2 is 1.89 bits per heavy atom. The number of amides is 2.